The highest BCUT2D eigenvalue weighted by molar-refractivity contribution is 5.93. The molecule has 1 saturated heterocycles. The molecular formula is C23H22F3N5. The molecule has 0 unspecified atom stereocenters. The van der Waals surface area contributed by atoms with Crippen molar-refractivity contribution in [2.24, 2.45) is 11.8 Å². The molecule has 0 N–H and O–H groups in total. The van der Waals surface area contributed by atoms with E-state index in [4.69, 9.17) is 4.98 Å². The molecule has 0 amide bonds. The summed E-state index contributed by atoms with van der Waals surface area (Å²) in [7, 11) is 0. The highest BCUT2D eigenvalue weighted by Gasteiger charge is 2.31. The summed E-state index contributed by atoms with van der Waals surface area (Å²) >= 11 is 0. The van der Waals surface area contributed by atoms with Crippen LogP contribution in [0.3, 0.4) is 0 Å². The van der Waals surface area contributed by atoms with Gasteiger partial charge in [0.05, 0.1) is 11.1 Å². The first-order valence-electron chi connectivity index (χ1n) is 10.4. The van der Waals surface area contributed by atoms with Gasteiger partial charge in [-0.05, 0) is 42.5 Å². The average Bonchev–Trinajstić information content (AvgIpc) is 3.16. The molecule has 160 valence electrons. The molecule has 2 atom stereocenters. The fourth-order valence-electron chi connectivity index (χ4n) is 4.65. The summed E-state index contributed by atoms with van der Waals surface area (Å²) in [6, 6.07) is 13.0. The first kappa shape index (κ1) is 19.8. The van der Waals surface area contributed by atoms with Crippen molar-refractivity contribution in [2.45, 2.75) is 26.4 Å². The van der Waals surface area contributed by atoms with E-state index in [9.17, 15) is 13.2 Å². The molecule has 5 rings (SSSR count). The van der Waals surface area contributed by atoms with Gasteiger partial charge in [0.2, 0.25) is 0 Å². The van der Waals surface area contributed by atoms with E-state index in [0.29, 0.717) is 28.7 Å². The Bertz CT molecular complexity index is 1250. The summed E-state index contributed by atoms with van der Waals surface area (Å²) in [4.78, 5) is 7.19. The first-order valence-corrected chi connectivity index (χ1v) is 10.4. The van der Waals surface area contributed by atoms with E-state index < -0.39 is 11.7 Å². The lowest BCUT2D eigenvalue weighted by Crippen LogP contribution is -2.39. The maximum Gasteiger partial charge on any atom is 0.416 e. The van der Waals surface area contributed by atoms with Gasteiger partial charge in [0.1, 0.15) is 11.5 Å². The molecule has 2 aromatic heterocycles. The first-order chi connectivity index (χ1) is 14.8. The summed E-state index contributed by atoms with van der Waals surface area (Å²) in [6.07, 6.45) is -3.26. The van der Waals surface area contributed by atoms with Gasteiger partial charge in [-0.1, -0.05) is 43.3 Å². The van der Waals surface area contributed by atoms with Crippen molar-refractivity contribution in [2.75, 3.05) is 18.0 Å². The third-order valence-corrected chi connectivity index (χ3v) is 5.86. The Morgan fingerprint density at radius 1 is 0.968 bits per heavy atom. The Hall–Kier alpha value is -3.16. The number of halogens is 3. The molecule has 1 aliphatic heterocycles. The maximum atomic E-state index is 13.2. The van der Waals surface area contributed by atoms with Crippen molar-refractivity contribution in [3.8, 4) is 11.3 Å². The standard InChI is InChI=1S/C23H22F3N5/c1-14-10-15(2)13-30(12-14)21-18-8-3-4-9-19(18)31-22(27-21)20(28-29-31)16-6-5-7-17(11-16)23(24,25)26/h3-9,11,14-15H,10,12-13H2,1-2H3/t14-,15-/m0/s1. The minimum atomic E-state index is -4.43. The van der Waals surface area contributed by atoms with Crippen molar-refractivity contribution in [1.82, 2.24) is 19.8 Å². The molecule has 0 spiro atoms. The molecular weight excluding hydrogens is 403 g/mol. The van der Waals surface area contributed by atoms with Crippen LogP contribution in [0.25, 0.3) is 27.8 Å². The van der Waals surface area contributed by atoms with Crippen LogP contribution in [0.4, 0.5) is 19.0 Å². The summed E-state index contributed by atoms with van der Waals surface area (Å²) in [5.74, 6) is 1.90. The van der Waals surface area contributed by atoms with E-state index in [1.165, 1.54) is 12.5 Å². The van der Waals surface area contributed by atoms with E-state index in [2.05, 4.69) is 29.1 Å². The molecule has 5 nitrogen and oxygen atoms in total. The fraction of sp³-hybridized carbons (Fsp3) is 0.348. The number of benzene rings is 2. The zero-order valence-corrected chi connectivity index (χ0v) is 17.3. The van der Waals surface area contributed by atoms with Gasteiger partial charge in [0.25, 0.3) is 0 Å². The number of aromatic nitrogens is 4. The minimum Gasteiger partial charge on any atom is -0.355 e. The molecule has 0 bridgehead atoms. The van der Waals surface area contributed by atoms with Crippen LogP contribution < -0.4 is 4.90 Å². The monoisotopic (exact) mass is 425 g/mol. The Balaban J connectivity index is 1.72. The lowest BCUT2D eigenvalue weighted by Gasteiger charge is -2.36. The maximum absolute atomic E-state index is 13.2. The van der Waals surface area contributed by atoms with Crippen LogP contribution in [0.1, 0.15) is 25.8 Å². The van der Waals surface area contributed by atoms with Crippen LogP contribution in [0.5, 0.6) is 0 Å². The van der Waals surface area contributed by atoms with Crippen molar-refractivity contribution >= 4 is 22.4 Å². The second-order valence-electron chi connectivity index (χ2n) is 8.56. The van der Waals surface area contributed by atoms with E-state index >= 15 is 0 Å². The molecule has 0 saturated carbocycles. The van der Waals surface area contributed by atoms with Crippen molar-refractivity contribution in [3.63, 3.8) is 0 Å². The van der Waals surface area contributed by atoms with Crippen molar-refractivity contribution in [1.29, 1.82) is 0 Å². The van der Waals surface area contributed by atoms with Crippen LogP contribution in [0.15, 0.2) is 48.5 Å². The normalized spacial score (nSPS) is 20.0. The summed E-state index contributed by atoms with van der Waals surface area (Å²) in [6.45, 7) is 6.24. The van der Waals surface area contributed by atoms with E-state index in [1.54, 1.807) is 10.6 Å². The fourth-order valence-corrected chi connectivity index (χ4v) is 4.65. The van der Waals surface area contributed by atoms with Crippen LogP contribution in [-0.4, -0.2) is 32.9 Å². The topological polar surface area (TPSA) is 46.3 Å². The Morgan fingerprint density at radius 2 is 1.71 bits per heavy atom. The Morgan fingerprint density at radius 3 is 2.45 bits per heavy atom. The third-order valence-electron chi connectivity index (χ3n) is 5.86. The van der Waals surface area contributed by atoms with Gasteiger partial charge in [0, 0.05) is 24.0 Å². The van der Waals surface area contributed by atoms with Gasteiger partial charge in [0.15, 0.2) is 5.65 Å². The predicted molar refractivity (Wildman–Crippen MR) is 114 cm³/mol. The summed E-state index contributed by atoms with van der Waals surface area (Å²) in [5.41, 5.74) is 1.26. The van der Waals surface area contributed by atoms with Crippen LogP contribution in [0.2, 0.25) is 0 Å². The van der Waals surface area contributed by atoms with Crippen molar-refractivity contribution < 1.29 is 13.2 Å². The summed E-state index contributed by atoms with van der Waals surface area (Å²) in [5, 5.41) is 9.41. The Kier molecular flexibility index (Phi) is 4.60. The molecule has 2 aromatic carbocycles. The zero-order valence-electron chi connectivity index (χ0n) is 17.3. The van der Waals surface area contributed by atoms with Crippen LogP contribution in [-0.2, 0) is 6.18 Å². The second kappa shape index (κ2) is 7.21. The van der Waals surface area contributed by atoms with Crippen LogP contribution in [0, 0.1) is 11.8 Å². The molecule has 1 aliphatic rings. The lowest BCUT2D eigenvalue weighted by atomic mass is 9.92. The van der Waals surface area contributed by atoms with Gasteiger partial charge in [-0.25, -0.2) is 4.98 Å². The molecule has 31 heavy (non-hydrogen) atoms. The van der Waals surface area contributed by atoms with Gasteiger partial charge >= 0.3 is 6.18 Å². The largest absolute Gasteiger partial charge is 0.416 e. The number of fused-ring (bicyclic) bond motifs is 3. The van der Waals surface area contributed by atoms with E-state index in [1.807, 2.05) is 24.3 Å². The molecule has 3 heterocycles. The third kappa shape index (κ3) is 3.49. The number of rotatable bonds is 2. The van der Waals surface area contributed by atoms with Gasteiger partial charge < -0.3 is 4.90 Å². The van der Waals surface area contributed by atoms with Crippen LogP contribution >= 0.6 is 0 Å². The zero-order chi connectivity index (χ0) is 21.8. The second-order valence-corrected chi connectivity index (χ2v) is 8.56. The number of alkyl halides is 3. The van der Waals surface area contributed by atoms with Gasteiger partial charge in [-0.3, -0.25) is 0 Å². The van der Waals surface area contributed by atoms with E-state index in [-0.39, 0.29) is 0 Å². The number of nitrogens with zero attached hydrogens (tertiary/aromatic N) is 5. The number of hydrogen-bond acceptors (Lipinski definition) is 4. The molecule has 1 fully saturated rings. The SMILES string of the molecule is C[C@H]1C[C@H](C)CN(c2nc3c(-c4cccc(C(F)(F)F)c4)nnn3c3ccccc23)C1. The summed E-state index contributed by atoms with van der Waals surface area (Å²) < 4.78 is 41.4. The highest BCUT2D eigenvalue weighted by Crippen LogP contribution is 2.35. The number of hydrogen-bond donors (Lipinski definition) is 0. The highest BCUT2D eigenvalue weighted by atomic mass is 19.4. The van der Waals surface area contributed by atoms with Gasteiger partial charge in [-0.2, -0.15) is 17.7 Å². The Labute approximate surface area is 177 Å². The average molecular weight is 425 g/mol. The number of para-hydroxylation sites is 1. The smallest absolute Gasteiger partial charge is 0.355 e. The number of anilines is 1. The van der Waals surface area contributed by atoms with Crippen molar-refractivity contribution in [3.05, 3.63) is 54.1 Å². The van der Waals surface area contributed by atoms with E-state index in [0.717, 1.165) is 41.9 Å². The molecule has 8 heteroatoms. The quantitative estimate of drug-likeness (QED) is 0.429. The lowest BCUT2D eigenvalue weighted by molar-refractivity contribution is -0.137. The predicted octanol–water partition coefficient (Wildman–Crippen LogP) is 5.45. The minimum absolute atomic E-state index is 0.344. The molecule has 0 radical (unpaired) electrons. The molecule has 0 aliphatic carbocycles. The molecule has 4 aromatic rings. The number of piperidine rings is 1. The van der Waals surface area contributed by atoms with Gasteiger partial charge in [-0.15, -0.1) is 5.10 Å².